The summed E-state index contributed by atoms with van der Waals surface area (Å²) in [7, 11) is 4.81. The van der Waals surface area contributed by atoms with E-state index in [0.29, 0.717) is 30.3 Å². The number of hydrogen-bond donors (Lipinski definition) is 2. The number of benzene rings is 2. The fourth-order valence-corrected chi connectivity index (χ4v) is 3.20. The molecule has 0 atom stereocenters. The normalized spacial score (nSPS) is 13.1. The van der Waals surface area contributed by atoms with Gasteiger partial charge in [0.15, 0.2) is 17.5 Å². The number of rotatable bonds is 11. The number of methoxy groups -OCH3 is 3. The van der Waals surface area contributed by atoms with E-state index >= 15 is 0 Å². The lowest BCUT2D eigenvalue weighted by molar-refractivity contribution is 0.296. The molecule has 0 bridgehead atoms. The largest absolute Gasteiger partial charge is 0.493 e. The molecule has 32 heavy (non-hydrogen) atoms. The van der Waals surface area contributed by atoms with Gasteiger partial charge in [0, 0.05) is 18.7 Å². The lowest BCUT2D eigenvalue weighted by atomic mass is 10.2. The van der Waals surface area contributed by atoms with Crippen LogP contribution in [-0.4, -0.2) is 40.4 Å². The summed E-state index contributed by atoms with van der Waals surface area (Å²) in [5.41, 5.74) is 2.07. The molecule has 176 valence electrons. The highest BCUT2D eigenvalue weighted by Crippen LogP contribution is 2.38. The van der Waals surface area contributed by atoms with E-state index in [1.165, 1.54) is 12.8 Å². The van der Waals surface area contributed by atoms with E-state index in [-0.39, 0.29) is 24.0 Å². The first-order chi connectivity index (χ1) is 15.2. The zero-order valence-electron chi connectivity index (χ0n) is 19.3. The summed E-state index contributed by atoms with van der Waals surface area (Å²) in [6.45, 7) is 4.70. The second-order valence-electron chi connectivity index (χ2n) is 7.44. The number of aliphatic imine (C=N–C) groups is 1. The van der Waals surface area contributed by atoms with Crippen LogP contribution in [-0.2, 0) is 13.1 Å². The van der Waals surface area contributed by atoms with Gasteiger partial charge in [-0.05, 0) is 49.4 Å². The molecule has 1 aliphatic carbocycles. The maximum absolute atomic E-state index is 6.02. The van der Waals surface area contributed by atoms with Crippen molar-refractivity contribution >= 4 is 29.9 Å². The Morgan fingerprint density at radius 3 is 2.25 bits per heavy atom. The summed E-state index contributed by atoms with van der Waals surface area (Å²) in [6, 6.07) is 12.0. The Bertz CT molecular complexity index is 862. The van der Waals surface area contributed by atoms with Gasteiger partial charge in [0.1, 0.15) is 5.75 Å². The molecule has 0 aliphatic heterocycles. The molecule has 8 heteroatoms. The zero-order chi connectivity index (χ0) is 22.1. The predicted octanol–water partition coefficient (Wildman–Crippen LogP) is 4.37. The summed E-state index contributed by atoms with van der Waals surface area (Å²) in [5, 5.41) is 6.70. The number of halogens is 1. The highest BCUT2D eigenvalue weighted by molar-refractivity contribution is 14.0. The Hall–Kier alpha value is -2.36. The number of ether oxygens (including phenoxy) is 4. The first-order valence-electron chi connectivity index (χ1n) is 10.7. The number of guanidine groups is 1. The summed E-state index contributed by atoms with van der Waals surface area (Å²) in [5.74, 6) is 4.19. The summed E-state index contributed by atoms with van der Waals surface area (Å²) >= 11 is 0. The van der Waals surface area contributed by atoms with Crippen molar-refractivity contribution in [2.24, 2.45) is 10.9 Å². The number of hydrogen-bond acceptors (Lipinski definition) is 5. The number of nitrogens with one attached hydrogen (secondary N) is 2. The van der Waals surface area contributed by atoms with Crippen molar-refractivity contribution in [1.82, 2.24) is 10.6 Å². The highest BCUT2D eigenvalue weighted by atomic mass is 127. The number of para-hydroxylation sites is 1. The topological polar surface area (TPSA) is 73.3 Å². The lowest BCUT2D eigenvalue weighted by Gasteiger charge is -2.15. The van der Waals surface area contributed by atoms with E-state index in [1.54, 1.807) is 21.3 Å². The van der Waals surface area contributed by atoms with E-state index in [4.69, 9.17) is 23.9 Å². The predicted molar refractivity (Wildman–Crippen MR) is 138 cm³/mol. The van der Waals surface area contributed by atoms with E-state index < -0.39 is 0 Å². The fraction of sp³-hybridized carbons (Fsp3) is 0.458. The molecule has 0 radical (unpaired) electrons. The van der Waals surface area contributed by atoms with Crippen LogP contribution in [0.2, 0.25) is 0 Å². The molecule has 2 aromatic carbocycles. The third-order valence-electron chi connectivity index (χ3n) is 5.08. The van der Waals surface area contributed by atoms with Crippen LogP contribution in [0.3, 0.4) is 0 Å². The fourth-order valence-electron chi connectivity index (χ4n) is 3.20. The molecule has 7 nitrogen and oxygen atoms in total. The van der Waals surface area contributed by atoms with Crippen LogP contribution < -0.4 is 29.6 Å². The summed E-state index contributed by atoms with van der Waals surface area (Å²) < 4.78 is 22.3. The summed E-state index contributed by atoms with van der Waals surface area (Å²) in [6.07, 6.45) is 2.55. The molecule has 1 saturated carbocycles. The Balaban J connectivity index is 0.00000363. The molecule has 0 heterocycles. The molecule has 1 aliphatic rings. The molecule has 0 unspecified atom stereocenters. The van der Waals surface area contributed by atoms with Crippen LogP contribution in [0.4, 0.5) is 0 Å². The van der Waals surface area contributed by atoms with Gasteiger partial charge in [-0.3, -0.25) is 0 Å². The van der Waals surface area contributed by atoms with Gasteiger partial charge in [-0.15, -0.1) is 24.0 Å². The van der Waals surface area contributed by atoms with E-state index in [2.05, 4.69) is 16.7 Å². The van der Waals surface area contributed by atoms with Crippen LogP contribution in [0.25, 0.3) is 0 Å². The van der Waals surface area contributed by atoms with Gasteiger partial charge in [-0.1, -0.05) is 18.2 Å². The maximum Gasteiger partial charge on any atom is 0.203 e. The van der Waals surface area contributed by atoms with Crippen molar-refractivity contribution < 1.29 is 18.9 Å². The summed E-state index contributed by atoms with van der Waals surface area (Å²) in [4.78, 5) is 4.72. The molecule has 0 spiro atoms. The first kappa shape index (κ1) is 25.9. The molecular weight excluding hydrogens is 521 g/mol. The zero-order valence-corrected chi connectivity index (χ0v) is 21.6. The first-order valence-corrected chi connectivity index (χ1v) is 10.7. The highest BCUT2D eigenvalue weighted by Gasteiger charge is 2.22. The molecule has 0 aromatic heterocycles. The minimum absolute atomic E-state index is 0. The molecule has 0 amide bonds. The average Bonchev–Trinajstić information content (AvgIpc) is 3.63. The third-order valence-corrected chi connectivity index (χ3v) is 5.08. The average molecular weight is 555 g/mol. The maximum atomic E-state index is 6.02. The third kappa shape index (κ3) is 7.36. The Morgan fingerprint density at radius 1 is 0.969 bits per heavy atom. The minimum Gasteiger partial charge on any atom is -0.493 e. The van der Waals surface area contributed by atoms with Gasteiger partial charge >= 0.3 is 0 Å². The van der Waals surface area contributed by atoms with Crippen LogP contribution >= 0.6 is 24.0 Å². The van der Waals surface area contributed by atoms with Gasteiger partial charge in [-0.25, -0.2) is 4.99 Å². The van der Waals surface area contributed by atoms with Crippen molar-refractivity contribution in [2.45, 2.75) is 32.9 Å². The van der Waals surface area contributed by atoms with Gasteiger partial charge < -0.3 is 29.6 Å². The van der Waals surface area contributed by atoms with Crippen molar-refractivity contribution in [2.75, 3.05) is 34.5 Å². The quantitative estimate of drug-likeness (QED) is 0.244. The van der Waals surface area contributed by atoms with E-state index in [9.17, 15) is 0 Å². The van der Waals surface area contributed by atoms with E-state index in [1.807, 2.05) is 37.3 Å². The number of nitrogens with zero attached hydrogens (tertiary/aromatic N) is 1. The van der Waals surface area contributed by atoms with Crippen molar-refractivity contribution in [3.05, 3.63) is 47.5 Å². The van der Waals surface area contributed by atoms with Gasteiger partial charge in [0.05, 0.1) is 34.5 Å². The van der Waals surface area contributed by atoms with Gasteiger partial charge in [-0.2, -0.15) is 0 Å². The molecule has 0 saturated heterocycles. The molecule has 1 fully saturated rings. The molecule has 2 N–H and O–H groups in total. The van der Waals surface area contributed by atoms with Crippen LogP contribution in [0.5, 0.6) is 23.0 Å². The van der Waals surface area contributed by atoms with Crippen molar-refractivity contribution in [3.63, 3.8) is 0 Å². The lowest BCUT2D eigenvalue weighted by Crippen LogP contribution is -2.36. The molecular formula is C24H34IN3O4. The van der Waals surface area contributed by atoms with Crippen LogP contribution in [0.1, 0.15) is 30.9 Å². The Morgan fingerprint density at radius 2 is 1.66 bits per heavy atom. The Labute approximate surface area is 207 Å². The standard InChI is InChI=1S/C24H33N3O4.HI/c1-5-25-24(26-14-18-12-21(28-2)23(30-4)22(13-18)29-3)27-15-19-8-6-7-9-20(19)31-16-17-10-11-17;/h6-9,12-13,17H,5,10-11,14-16H2,1-4H3,(H2,25,26,27);1H. The van der Waals surface area contributed by atoms with Gasteiger partial charge in [0.2, 0.25) is 5.75 Å². The van der Waals surface area contributed by atoms with Gasteiger partial charge in [0.25, 0.3) is 0 Å². The Kier molecular flexibility index (Phi) is 10.7. The van der Waals surface area contributed by atoms with Crippen molar-refractivity contribution in [1.29, 1.82) is 0 Å². The monoisotopic (exact) mass is 555 g/mol. The molecule has 3 rings (SSSR count). The minimum atomic E-state index is 0. The molecule has 2 aromatic rings. The second-order valence-corrected chi connectivity index (χ2v) is 7.44. The van der Waals surface area contributed by atoms with Crippen LogP contribution in [0, 0.1) is 5.92 Å². The van der Waals surface area contributed by atoms with Crippen LogP contribution in [0.15, 0.2) is 41.4 Å². The second kappa shape index (κ2) is 13.2. The van der Waals surface area contributed by atoms with E-state index in [0.717, 1.165) is 41.9 Å². The smallest absolute Gasteiger partial charge is 0.203 e. The van der Waals surface area contributed by atoms with Crippen molar-refractivity contribution in [3.8, 4) is 23.0 Å². The SMILES string of the molecule is CCNC(=NCc1cc(OC)c(OC)c(OC)c1)NCc1ccccc1OCC1CC1.I.